The summed E-state index contributed by atoms with van der Waals surface area (Å²) in [5, 5.41) is 2.52. The van der Waals surface area contributed by atoms with Gasteiger partial charge in [-0.05, 0) is 133 Å². The van der Waals surface area contributed by atoms with Crippen molar-refractivity contribution in [3.63, 3.8) is 0 Å². The predicted molar refractivity (Wildman–Crippen MR) is 255 cm³/mol. The molecule has 0 atom stereocenters. The van der Waals surface area contributed by atoms with E-state index in [9.17, 15) is 0 Å². The summed E-state index contributed by atoms with van der Waals surface area (Å²) in [5.41, 5.74) is 19.0. The third kappa shape index (κ3) is 5.50. The highest BCUT2D eigenvalue weighted by molar-refractivity contribution is 5.97. The second kappa shape index (κ2) is 14.1. The van der Waals surface area contributed by atoms with Gasteiger partial charge in [0.25, 0.3) is 0 Å². The van der Waals surface area contributed by atoms with E-state index in [4.69, 9.17) is 0 Å². The van der Waals surface area contributed by atoms with Gasteiger partial charge < -0.3 is 9.80 Å². The van der Waals surface area contributed by atoms with Gasteiger partial charge in [0.2, 0.25) is 0 Å². The number of para-hydroxylation sites is 4. The lowest BCUT2D eigenvalue weighted by molar-refractivity contribution is 0.752. The van der Waals surface area contributed by atoms with Crippen LogP contribution in [0.1, 0.15) is 22.3 Å². The maximum atomic E-state index is 2.44. The van der Waals surface area contributed by atoms with Crippen LogP contribution >= 0.6 is 0 Å². The summed E-state index contributed by atoms with van der Waals surface area (Å²) in [6.45, 7) is 0. The fraction of sp³-hybridized carbons (Fsp3) is 0.0169. The van der Waals surface area contributed by atoms with Crippen LogP contribution in [0.4, 0.5) is 34.1 Å². The lowest BCUT2D eigenvalue weighted by atomic mass is 9.64. The van der Waals surface area contributed by atoms with Crippen LogP contribution in [0.5, 0.6) is 0 Å². The number of benzene rings is 10. The zero-order chi connectivity index (χ0) is 40.3. The molecule has 0 saturated carbocycles. The number of fused-ring (bicyclic) bond motifs is 10. The van der Waals surface area contributed by atoms with Crippen LogP contribution in [-0.4, -0.2) is 0 Å². The van der Waals surface area contributed by atoms with Crippen LogP contribution in [0.25, 0.3) is 44.2 Å². The summed E-state index contributed by atoms with van der Waals surface area (Å²) in [6, 6.07) is 88.9. The van der Waals surface area contributed by atoms with Gasteiger partial charge in [-0.25, -0.2) is 0 Å². The van der Waals surface area contributed by atoms with Crippen molar-refractivity contribution in [3.05, 3.63) is 265 Å². The molecule has 1 spiro atoms. The molecule has 0 fully saturated rings. The number of nitrogens with zero attached hydrogens (tertiary/aromatic N) is 2. The molecule has 0 radical (unpaired) electrons. The Morgan fingerprint density at radius 3 is 1.46 bits per heavy atom. The van der Waals surface area contributed by atoms with Crippen LogP contribution in [-0.2, 0) is 5.41 Å². The molecule has 10 aromatic rings. The van der Waals surface area contributed by atoms with Gasteiger partial charge in [0.05, 0.1) is 16.8 Å². The van der Waals surface area contributed by atoms with E-state index in [-0.39, 0.29) is 0 Å². The lowest BCUT2D eigenvalue weighted by Gasteiger charge is -2.45. The molecular formula is C59H40N2. The second-order valence-electron chi connectivity index (χ2n) is 16.1. The second-order valence-corrected chi connectivity index (χ2v) is 16.1. The van der Waals surface area contributed by atoms with Gasteiger partial charge >= 0.3 is 0 Å². The monoisotopic (exact) mass is 776 g/mol. The molecule has 0 bridgehead atoms. The van der Waals surface area contributed by atoms with E-state index in [1.807, 2.05) is 0 Å². The van der Waals surface area contributed by atoms with E-state index < -0.39 is 5.41 Å². The quantitative estimate of drug-likeness (QED) is 0.166. The Morgan fingerprint density at radius 1 is 0.295 bits per heavy atom. The molecule has 1 aliphatic heterocycles. The molecule has 2 aliphatic rings. The summed E-state index contributed by atoms with van der Waals surface area (Å²) < 4.78 is 0. The smallest absolute Gasteiger partial charge is 0.0754 e. The van der Waals surface area contributed by atoms with Gasteiger partial charge in [-0.2, -0.15) is 0 Å². The van der Waals surface area contributed by atoms with Gasteiger partial charge in [-0.1, -0.05) is 176 Å². The van der Waals surface area contributed by atoms with Crippen molar-refractivity contribution in [3.8, 4) is 33.4 Å². The van der Waals surface area contributed by atoms with Gasteiger partial charge in [0.1, 0.15) is 0 Å². The van der Waals surface area contributed by atoms with Crippen molar-refractivity contribution >= 4 is 44.9 Å². The minimum absolute atomic E-state index is 0.494. The van der Waals surface area contributed by atoms with Crippen LogP contribution < -0.4 is 9.80 Å². The van der Waals surface area contributed by atoms with E-state index in [0.29, 0.717) is 0 Å². The van der Waals surface area contributed by atoms with Crippen LogP contribution in [0.2, 0.25) is 0 Å². The zero-order valence-corrected chi connectivity index (χ0v) is 33.5. The Kier molecular flexibility index (Phi) is 8.11. The Labute approximate surface area is 356 Å². The Morgan fingerprint density at radius 2 is 0.770 bits per heavy atom. The summed E-state index contributed by atoms with van der Waals surface area (Å²) in [6.07, 6.45) is 0. The standard InChI is InChI=1S/C59H40N2/c1-3-17-47(18-4-1)60(49-35-33-43(34-36-49)42-27-29-44(30-28-42)46-32-31-41-15-7-8-16-45(41)39-46)50-37-38-54-52(40-50)51-21-9-10-22-53(51)59(54)55-23-11-13-25-57(55)61(48-19-5-2-6-20-48)58-26-14-12-24-56(58)59/h1-40H. The number of rotatable bonds is 6. The molecule has 10 aromatic carbocycles. The molecule has 61 heavy (non-hydrogen) atoms. The first-order valence-electron chi connectivity index (χ1n) is 21.1. The van der Waals surface area contributed by atoms with E-state index in [1.54, 1.807) is 0 Å². The van der Waals surface area contributed by atoms with Gasteiger partial charge in [0.15, 0.2) is 0 Å². The molecule has 1 heterocycles. The normalized spacial score (nSPS) is 13.0. The average molecular weight is 777 g/mol. The largest absolute Gasteiger partial charge is 0.310 e. The van der Waals surface area contributed by atoms with E-state index in [2.05, 4.69) is 252 Å². The van der Waals surface area contributed by atoms with Gasteiger partial charge in [-0.3, -0.25) is 0 Å². The van der Waals surface area contributed by atoms with Crippen molar-refractivity contribution < 1.29 is 0 Å². The average Bonchev–Trinajstić information content (AvgIpc) is 3.62. The highest BCUT2D eigenvalue weighted by Gasteiger charge is 2.51. The van der Waals surface area contributed by atoms with Crippen molar-refractivity contribution in [1.29, 1.82) is 0 Å². The molecule has 0 amide bonds. The molecule has 0 aromatic heterocycles. The summed E-state index contributed by atoms with van der Waals surface area (Å²) in [7, 11) is 0. The van der Waals surface area contributed by atoms with Crippen molar-refractivity contribution in [2.45, 2.75) is 5.41 Å². The van der Waals surface area contributed by atoms with E-state index >= 15 is 0 Å². The van der Waals surface area contributed by atoms with E-state index in [1.165, 1.54) is 77.8 Å². The Balaban J connectivity index is 0.964. The molecule has 286 valence electrons. The number of hydrogen-bond acceptors (Lipinski definition) is 2. The number of hydrogen-bond donors (Lipinski definition) is 0. The Bertz CT molecular complexity index is 3190. The lowest BCUT2D eigenvalue weighted by Crippen LogP contribution is -2.36. The molecule has 1 aliphatic carbocycles. The first-order valence-corrected chi connectivity index (χ1v) is 21.1. The molecule has 0 N–H and O–H groups in total. The van der Waals surface area contributed by atoms with Crippen LogP contribution in [0, 0.1) is 0 Å². The zero-order valence-electron chi connectivity index (χ0n) is 33.5. The minimum Gasteiger partial charge on any atom is -0.310 e. The first-order chi connectivity index (χ1) is 30.3. The van der Waals surface area contributed by atoms with Crippen molar-refractivity contribution in [2.75, 3.05) is 9.80 Å². The molecule has 0 saturated heterocycles. The molecule has 2 nitrogen and oxygen atoms in total. The van der Waals surface area contributed by atoms with Gasteiger partial charge in [-0.15, -0.1) is 0 Å². The summed E-state index contributed by atoms with van der Waals surface area (Å²) >= 11 is 0. The third-order valence-corrected chi connectivity index (χ3v) is 12.8. The van der Waals surface area contributed by atoms with Crippen LogP contribution in [0.3, 0.4) is 0 Å². The van der Waals surface area contributed by atoms with Crippen molar-refractivity contribution in [2.24, 2.45) is 0 Å². The number of anilines is 6. The molecular weight excluding hydrogens is 737 g/mol. The predicted octanol–water partition coefficient (Wildman–Crippen LogP) is 15.8. The fourth-order valence-electron chi connectivity index (χ4n) is 10.1. The maximum absolute atomic E-state index is 2.44. The highest BCUT2D eigenvalue weighted by Crippen LogP contribution is 2.63. The molecule has 12 rings (SSSR count). The minimum atomic E-state index is -0.494. The van der Waals surface area contributed by atoms with Crippen LogP contribution in [0.15, 0.2) is 243 Å². The first kappa shape index (κ1) is 35.0. The van der Waals surface area contributed by atoms with E-state index in [0.717, 1.165) is 22.7 Å². The van der Waals surface area contributed by atoms with Crippen molar-refractivity contribution in [1.82, 2.24) is 0 Å². The third-order valence-electron chi connectivity index (χ3n) is 12.8. The SMILES string of the molecule is c1ccc(N(c2ccc(-c3ccc(-c4ccc5ccccc5c4)cc3)cc2)c2ccc3c(c2)-c2ccccc2C32c3ccccc3N(c3ccccc3)c3ccccc32)cc1. The summed E-state index contributed by atoms with van der Waals surface area (Å²) in [4.78, 5) is 4.82. The molecule has 2 heteroatoms. The molecule has 0 unspecified atom stereocenters. The summed E-state index contributed by atoms with van der Waals surface area (Å²) in [5.74, 6) is 0. The highest BCUT2D eigenvalue weighted by atomic mass is 15.2. The topological polar surface area (TPSA) is 6.48 Å². The maximum Gasteiger partial charge on any atom is 0.0754 e. The Hall–Kier alpha value is -7.94. The van der Waals surface area contributed by atoms with Gasteiger partial charge in [0, 0.05) is 22.7 Å². The fourth-order valence-corrected chi connectivity index (χ4v) is 10.1.